The van der Waals surface area contributed by atoms with Crippen LogP contribution in [0.4, 0.5) is 4.79 Å². The highest BCUT2D eigenvalue weighted by Crippen LogP contribution is 2.13. The number of rotatable bonds is 7. The molecule has 5 heteroatoms. The first kappa shape index (κ1) is 14.7. The van der Waals surface area contributed by atoms with Crippen molar-refractivity contribution < 1.29 is 9.53 Å². The number of urea groups is 1. The van der Waals surface area contributed by atoms with E-state index in [1.807, 2.05) is 18.2 Å². The second-order valence-electron chi connectivity index (χ2n) is 5.25. The highest BCUT2D eigenvalue weighted by Gasteiger charge is 2.18. The molecule has 1 aliphatic heterocycles. The molecule has 0 spiro atoms. The highest BCUT2D eigenvalue weighted by molar-refractivity contribution is 5.76. The quantitative estimate of drug-likeness (QED) is 0.796. The maximum absolute atomic E-state index is 11.4. The summed E-state index contributed by atoms with van der Waals surface area (Å²) in [5.41, 5.74) is 1.20. The number of nitrogens with one attached hydrogen (secondary N) is 2. The molecule has 1 aliphatic rings. The van der Waals surface area contributed by atoms with Gasteiger partial charge in [0.2, 0.25) is 0 Å². The van der Waals surface area contributed by atoms with Crippen molar-refractivity contribution in [3.05, 3.63) is 29.8 Å². The minimum Gasteiger partial charge on any atom is -0.492 e. The molecular formula is C15H23N3O2. The van der Waals surface area contributed by atoms with Gasteiger partial charge in [0, 0.05) is 25.7 Å². The van der Waals surface area contributed by atoms with E-state index in [1.165, 1.54) is 5.56 Å². The van der Waals surface area contributed by atoms with Gasteiger partial charge in [0.05, 0.1) is 6.54 Å². The first-order valence-corrected chi connectivity index (χ1v) is 7.13. The summed E-state index contributed by atoms with van der Waals surface area (Å²) in [5.74, 6) is 0.854. The number of ether oxygens (including phenoxy) is 1. The van der Waals surface area contributed by atoms with Crippen molar-refractivity contribution in [2.45, 2.75) is 26.4 Å². The lowest BCUT2D eigenvalue weighted by Crippen LogP contribution is -2.31. The van der Waals surface area contributed by atoms with Gasteiger partial charge in [-0.15, -0.1) is 0 Å². The molecule has 0 atom stereocenters. The lowest BCUT2D eigenvalue weighted by molar-refractivity contribution is 0.202. The summed E-state index contributed by atoms with van der Waals surface area (Å²) in [7, 11) is 0. The lowest BCUT2D eigenvalue weighted by Gasteiger charge is -2.15. The second kappa shape index (κ2) is 7.14. The van der Waals surface area contributed by atoms with Crippen molar-refractivity contribution in [1.82, 2.24) is 15.5 Å². The van der Waals surface area contributed by atoms with E-state index in [-0.39, 0.29) is 6.03 Å². The van der Waals surface area contributed by atoms with Gasteiger partial charge < -0.3 is 20.3 Å². The molecule has 1 saturated heterocycles. The molecule has 1 heterocycles. The van der Waals surface area contributed by atoms with Crippen LogP contribution in [-0.2, 0) is 6.54 Å². The number of carbonyl (C=O) groups excluding carboxylic acids is 1. The van der Waals surface area contributed by atoms with E-state index in [1.54, 1.807) is 4.90 Å². The van der Waals surface area contributed by atoms with Crippen LogP contribution in [0.3, 0.4) is 0 Å². The van der Waals surface area contributed by atoms with Gasteiger partial charge in [0.1, 0.15) is 12.4 Å². The molecule has 0 aliphatic carbocycles. The Kier molecular flexibility index (Phi) is 5.24. The van der Waals surface area contributed by atoms with E-state index in [0.29, 0.717) is 19.2 Å². The minimum atomic E-state index is 0.00323. The number of hydrogen-bond acceptors (Lipinski definition) is 3. The largest absolute Gasteiger partial charge is 0.492 e. The van der Waals surface area contributed by atoms with Crippen LogP contribution in [0, 0.1) is 0 Å². The molecule has 0 unspecified atom stereocenters. The zero-order valence-electron chi connectivity index (χ0n) is 12.2. The molecule has 2 N–H and O–H groups in total. The average Bonchev–Trinajstić information content (AvgIpc) is 2.83. The Hall–Kier alpha value is -1.75. The third-order valence-corrected chi connectivity index (χ3v) is 3.19. The Balaban J connectivity index is 1.77. The molecule has 110 valence electrons. The predicted octanol–water partition coefficient (Wildman–Crippen LogP) is 1.59. The number of nitrogens with zero attached hydrogens (tertiary/aromatic N) is 1. The van der Waals surface area contributed by atoms with Gasteiger partial charge in [-0.3, -0.25) is 0 Å². The van der Waals surface area contributed by atoms with Gasteiger partial charge in [-0.25, -0.2) is 4.79 Å². The van der Waals surface area contributed by atoms with Crippen molar-refractivity contribution in [1.29, 1.82) is 0 Å². The summed E-state index contributed by atoms with van der Waals surface area (Å²) in [4.78, 5) is 13.1. The van der Waals surface area contributed by atoms with E-state index in [4.69, 9.17) is 4.74 Å². The summed E-state index contributed by atoms with van der Waals surface area (Å²) in [6.07, 6.45) is 0. The van der Waals surface area contributed by atoms with E-state index in [9.17, 15) is 4.79 Å². The van der Waals surface area contributed by atoms with Crippen LogP contribution in [0.2, 0.25) is 0 Å². The van der Waals surface area contributed by atoms with Crippen LogP contribution < -0.4 is 15.4 Å². The zero-order chi connectivity index (χ0) is 14.4. The van der Waals surface area contributed by atoms with Gasteiger partial charge in [0.25, 0.3) is 0 Å². The number of benzene rings is 1. The Morgan fingerprint density at radius 2 is 2.30 bits per heavy atom. The smallest absolute Gasteiger partial charge is 0.317 e. The molecule has 5 nitrogen and oxygen atoms in total. The van der Waals surface area contributed by atoms with Crippen LogP contribution >= 0.6 is 0 Å². The SMILES string of the molecule is CC(C)NCc1cccc(OCCN2CCNC2=O)c1. The zero-order valence-corrected chi connectivity index (χ0v) is 12.2. The van der Waals surface area contributed by atoms with Crippen molar-refractivity contribution in [2.24, 2.45) is 0 Å². The summed E-state index contributed by atoms with van der Waals surface area (Å²) in [6.45, 7) is 7.73. The predicted molar refractivity (Wildman–Crippen MR) is 78.9 cm³/mol. The molecule has 1 fully saturated rings. The molecule has 0 bridgehead atoms. The topological polar surface area (TPSA) is 53.6 Å². The normalized spacial score (nSPS) is 14.8. The highest BCUT2D eigenvalue weighted by atomic mass is 16.5. The number of carbonyl (C=O) groups is 1. The van der Waals surface area contributed by atoms with Crippen LogP contribution in [0.15, 0.2) is 24.3 Å². The Morgan fingerprint density at radius 1 is 1.45 bits per heavy atom. The van der Waals surface area contributed by atoms with E-state index < -0.39 is 0 Å². The van der Waals surface area contributed by atoms with E-state index in [0.717, 1.165) is 25.4 Å². The third kappa shape index (κ3) is 4.42. The Bertz CT molecular complexity index is 448. The lowest BCUT2D eigenvalue weighted by atomic mass is 10.2. The second-order valence-corrected chi connectivity index (χ2v) is 5.25. The molecule has 2 amide bonds. The van der Waals surface area contributed by atoms with Crippen molar-refractivity contribution in [3.8, 4) is 5.75 Å². The fourth-order valence-electron chi connectivity index (χ4n) is 2.07. The van der Waals surface area contributed by atoms with Crippen LogP contribution in [0.25, 0.3) is 0 Å². The first-order chi connectivity index (χ1) is 9.65. The summed E-state index contributed by atoms with van der Waals surface area (Å²) in [5, 5.41) is 6.16. The first-order valence-electron chi connectivity index (χ1n) is 7.13. The monoisotopic (exact) mass is 277 g/mol. The Morgan fingerprint density at radius 3 is 3.00 bits per heavy atom. The van der Waals surface area contributed by atoms with Crippen LogP contribution in [-0.4, -0.2) is 43.2 Å². The van der Waals surface area contributed by atoms with Gasteiger partial charge in [-0.05, 0) is 17.7 Å². The average molecular weight is 277 g/mol. The fraction of sp³-hybridized carbons (Fsp3) is 0.533. The third-order valence-electron chi connectivity index (χ3n) is 3.19. The van der Waals surface area contributed by atoms with Crippen LogP contribution in [0.5, 0.6) is 5.75 Å². The molecule has 1 aromatic carbocycles. The maximum Gasteiger partial charge on any atom is 0.317 e. The number of amides is 2. The van der Waals surface area contributed by atoms with Gasteiger partial charge in [-0.2, -0.15) is 0 Å². The van der Waals surface area contributed by atoms with Gasteiger partial charge in [-0.1, -0.05) is 26.0 Å². The Labute approximate surface area is 120 Å². The molecule has 1 aromatic rings. The minimum absolute atomic E-state index is 0.00323. The van der Waals surface area contributed by atoms with E-state index >= 15 is 0 Å². The van der Waals surface area contributed by atoms with Crippen molar-refractivity contribution >= 4 is 6.03 Å². The molecule has 0 saturated carbocycles. The molecule has 0 radical (unpaired) electrons. The molecule has 20 heavy (non-hydrogen) atoms. The standard InChI is InChI=1S/C15H23N3O2/c1-12(2)17-11-13-4-3-5-14(10-13)20-9-8-18-7-6-16-15(18)19/h3-5,10,12,17H,6-9,11H2,1-2H3,(H,16,19). The summed E-state index contributed by atoms with van der Waals surface area (Å²) in [6, 6.07) is 8.53. The molecule has 0 aromatic heterocycles. The summed E-state index contributed by atoms with van der Waals surface area (Å²) < 4.78 is 5.71. The fourth-order valence-corrected chi connectivity index (χ4v) is 2.07. The molecule has 2 rings (SSSR count). The number of hydrogen-bond donors (Lipinski definition) is 2. The summed E-state index contributed by atoms with van der Waals surface area (Å²) >= 11 is 0. The van der Waals surface area contributed by atoms with Gasteiger partial charge in [0.15, 0.2) is 0 Å². The van der Waals surface area contributed by atoms with Crippen molar-refractivity contribution in [2.75, 3.05) is 26.2 Å². The van der Waals surface area contributed by atoms with Crippen LogP contribution in [0.1, 0.15) is 19.4 Å². The molecular weight excluding hydrogens is 254 g/mol. The van der Waals surface area contributed by atoms with E-state index in [2.05, 4.69) is 30.5 Å². The van der Waals surface area contributed by atoms with Gasteiger partial charge >= 0.3 is 6.03 Å². The maximum atomic E-state index is 11.4. The van der Waals surface area contributed by atoms with Crippen molar-refractivity contribution in [3.63, 3.8) is 0 Å².